The Balaban J connectivity index is 3.25. The number of nitrogens with zero attached hydrogens (tertiary/aromatic N) is 1. The van der Waals surface area contributed by atoms with Gasteiger partial charge in [0, 0.05) is 7.05 Å². The topological polar surface area (TPSA) is 57.6 Å². The molecule has 0 aliphatic rings. The molecule has 1 N–H and O–H groups in total. The van der Waals surface area contributed by atoms with Crippen molar-refractivity contribution in [1.29, 1.82) is 0 Å². The summed E-state index contributed by atoms with van der Waals surface area (Å²) in [4.78, 5) is 0.207. The first-order valence-corrected chi connectivity index (χ1v) is 8.52. The molecule has 4 nitrogen and oxygen atoms in total. The summed E-state index contributed by atoms with van der Waals surface area (Å²) in [7, 11) is -2.15. The molecule has 1 heterocycles. The molecular formula is C9H13Br2NO3S2. The zero-order valence-electron chi connectivity index (χ0n) is 9.57. The van der Waals surface area contributed by atoms with Crippen LogP contribution in [0.5, 0.6) is 0 Å². The molecular weight excluding hydrogens is 394 g/mol. The predicted octanol–water partition coefficient (Wildman–Crippen LogP) is 2.66. The Morgan fingerprint density at radius 3 is 2.35 bits per heavy atom. The number of halogens is 2. The van der Waals surface area contributed by atoms with Crippen LogP contribution in [-0.4, -0.2) is 37.0 Å². The molecule has 0 bridgehead atoms. The fraction of sp³-hybridized carbons (Fsp3) is 0.556. The van der Waals surface area contributed by atoms with Crippen LogP contribution in [-0.2, 0) is 10.0 Å². The summed E-state index contributed by atoms with van der Waals surface area (Å²) in [5, 5.41) is 9.22. The molecule has 0 aromatic carbocycles. The lowest BCUT2D eigenvalue weighted by Gasteiger charge is -2.32. The number of rotatable bonds is 4. The smallest absolute Gasteiger partial charge is 0.245 e. The van der Waals surface area contributed by atoms with Gasteiger partial charge in [-0.1, -0.05) is 0 Å². The Labute approximate surface area is 122 Å². The molecule has 0 amide bonds. The monoisotopic (exact) mass is 405 g/mol. The molecule has 0 aliphatic carbocycles. The fourth-order valence-corrected chi connectivity index (χ4v) is 6.34. The maximum absolute atomic E-state index is 12.3. The predicted molar refractivity (Wildman–Crippen MR) is 75.8 cm³/mol. The van der Waals surface area contributed by atoms with Gasteiger partial charge in [0.2, 0.25) is 10.0 Å². The molecule has 0 saturated carbocycles. The van der Waals surface area contributed by atoms with Crippen molar-refractivity contribution in [3.8, 4) is 0 Å². The maximum atomic E-state index is 12.3. The molecule has 98 valence electrons. The largest absolute Gasteiger partial charge is 0.394 e. The van der Waals surface area contributed by atoms with E-state index in [1.165, 1.54) is 22.7 Å². The van der Waals surface area contributed by atoms with Gasteiger partial charge in [-0.3, -0.25) is 0 Å². The molecule has 1 rings (SSSR count). The van der Waals surface area contributed by atoms with Gasteiger partial charge in [0.1, 0.15) is 4.90 Å². The fourth-order valence-electron chi connectivity index (χ4n) is 1.07. The highest BCUT2D eigenvalue weighted by Gasteiger charge is 2.35. The summed E-state index contributed by atoms with van der Waals surface area (Å²) < 4.78 is 27.1. The second-order valence-electron chi connectivity index (χ2n) is 4.13. The van der Waals surface area contributed by atoms with E-state index in [4.69, 9.17) is 0 Å². The molecule has 0 unspecified atom stereocenters. The Morgan fingerprint density at radius 2 is 2.00 bits per heavy atom. The van der Waals surface area contributed by atoms with Gasteiger partial charge in [-0.25, -0.2) is 8.42 Å². The van der Waals surface area contributed by atoms with Crippen LogP contribution in [0.2, 0.25) is 0 Å². The highest BCUT2D eigenvalue weighted by atomic mass is 79.9. The summed E-state index contributed by atoms with van der Waals surface area (Å²) in [5.74, 6) is 0. The number of thiophene rings is 1. The van der Waals surface area contributed by atoms with Gasteiger partial charge in [-0.15, -0.1) is 11.3 Å². The molecule has 0 saturated heterocycles. The third-order valence-corrected chi connectivity index (χ3v) is 7.33. The van der Waals surface area contributed by atoms with E-state index in [-0.39, 0.29) is 11.5 Å². The minimum absolute atomic E-state index is 0.207. The minimum atomic E-state index is -3.61. The summed E-state index contributed by atoms with van der Waals surface area (Å²) >= 11 is 7.78. The zero-order valence-corrected chi connectivity index (χ0v) is 14.4. The van der Waals surface area contributed by atoms with Gasteiger partial charge >= 0.3 is 0 Å². The number of aliphatic hydroxyl groups excluding tert-OH is 1. The summed E-state index contributed by atoms with van der Waals surface area (Å²) in [6.45, 7) is 3.09. The Morgan fingerprint density at radius 1 is 1.47 bits per heavy atom. The zero-order chi connectivity index (χ0) is 13.4. The minimum Gasteiger partial charge on any atom is -0.394 e. The lowest BCUT2D eigenvalue weighted by atomic mass is 10.1. The van der Waals surface area contributed by atoms with E-state index >= 15 is 0 Å². The van der Waals surface area contributed by atoms with Crippen LogP contribution < -0.4 is 0 Å². The Bertz CT molecular complexity index is 510. The van der Waals surface area contributed by atoms with Crippen LogP contribution >= 0.6 is 43.2 Å². The van der Waals surface area contributed by atoms with Crippen LogP contribution in [0.15, 0.2) is 18.5 Å². The SMILES string of the molecule is CN(C(C)(C)CO)S(=O)(=O)c1cc(Br)sc1Br. The van der Waals surface area contributed by atoms with E-state index < -0.39 is 15.6 Å². The normalized spacial score (nSPS) is 13.4. The van der Waals surface area contributed by atoms with Gasteiger partial charge < -0.3 is 5.11 Å². The molecule has 8 heteroatoms. The second-order valence-corrected chi connectivity index (χ2v) is 9.82. The van der Waals surface area contributed by atoms with E-state index in [1.807, 2.05) is 0 Å². The number of hydrogen-bond donors (Lipinski definition) is 1. The molecule has 0 aliphatic heterocycles. The quantitative estimate of drug-likeness (QED) is 0.836. The summed E-state index contributed by atoms with van der Waals surface area (Å²) in [5.41, 5.74) is -0.841. The number of likely N-dealkylation sites (N-methyl/N-ethyl adjacent to an activating group) is 1. The second kappa shape index (κ2) is 5.26. The molecule has 1 aromatic heterocycles. The highest BCUT2D eigenvalue weighted by Crippen LogP contribution is 2.37. The van der Waals surface area contributed by atoms with Crippen molar-refractivity contribution in [3.63, 3.8) is 0 Å². The first-order valence-electron chi connectivity index (χ1n) is 4.67. The highest BCUT2D eigenvalue weighted by molar-refractivity contribution is 9.12. The molecule has 0 radical (unpaired) electrons. The third-order valence-electron chi connectivity index (χ3n) is 2.50. The summed E-state index contributed by atoms with van der Waals surface area (Å²) in [6, 6.07) is 1.55. The van der Waals surface area contributed by atoms with Crippen LogP contribution in [0, 0.1) is 0 Å². The van der Waals surface area contributed by atoms with E-state index in [2.05, 4.69) is 31.9 Å². The first kappa shape index (κ1) is 15.6. The van der Waals surface area contributed by atoms with Crippen molar-refractivity contribution in [3.05, 3.63) is 13.6 Å². The van der Waals surface area contributed by atoms with Crippen LogP contribution in [0.1, 0.15) is 13.8 Å². The lowest BCUT2D eigenvalue weighted by Crippen LogP contribution is -2.47. The Hall–Kier alpha value is 0.530. The number of sulfonamides is 1. The van der Waals surface area contributed by atoms with E-state index in [1.54, 1.807) is 19.9 Å². The van der Waals surface area contributed by atoms with Crippen molar-refractivity contribution in [2.45, 2.75) is 24.3 Å². The summed E-state index contributed by atoms with van der Waals surface area (Å²) in [6.07, 6.45) is 0. The average molecular weight is 407 g/mol. The molecule has 0 spiro atoms. The van der Waals surface area contributed by atoms with Gasteiger partial charge in [-0.05, 0) is 51.8 Å². The van der Waals surface area contributed by atoms with Gasteiger partial charge in [0.15, 0.2) is 0 Å². The first-order chi connectivity index (χ1) is 7.63. The van der Waals surface area contributed by atoms with Gasteiger partial charge in [0.25, 0.3) is 0 Å². The van der Waals surface area contributed by atoms with Gasteiger partial charge in [0.05, 0.1) is 19.7 Å². The van der Waals surface area contributed by atoms with Crippen molar-refractivity contribution in [2.75, 3.05) is 13.7 Å². The maximum Gasteiger partial charge on any atom is 0.245 e. The third kappa shape index (κ3) is 3.10. The molecule has 0 fully saturated rings. The molecule has 0 atom stereocenters. The van der Waals surface area contributed by atoms with Crippen LogP contribution in [0.4, 0.5) is 0 Å². The number of hydrogen-bond acceptors (Lipinski definition) is 4. The Kier molecular flexibility index (Phi) is 4.82. The van der Waals surface area contributed by atoms with Crippen molar-refractivity contribution >= 4 is 53.2 Å². The lowest BCUT2D eigenvalue weighted by molar-refractivity contribution is 0.138. The average Bonchev–Trinajstić information content (AvgIpc) is 2.57. The van der Waals surface area contributed by atoms with E-state index in [0.29, 0.717) is 3.79 Å². The van der Waals surface area contributed by atoms with E-state index in [9.17, 15) is 13.5 Å². The molecule has 1 aromatic rings. The standard InChI is InChI=1S/C9H13Br2NO3S2/c1-9(2,5-13)12(3)17(14,15)6-4-7(10)16-8(6)11/h4,13H,5H2,1-3H3. The van der Waals surface area contributed by atoms with Gasteiger partial charge in [-0.2, -0.15) is 4.31 Å². The van der Waals surface area contributed by atoms with Crippen LogP contribution in [0.3, 0.4) is 0 Å². The van der Waals surface area contributed by atoms with Crippen molar-refractivity contribution < 1.29 is 13.5 Å². The van der Waals surface area contributed by atoms with Crippen molar-refractivity contribution in [2.24, 2.45) is 0 Å². The number of aliphatic hydroxyl groups is 1. The van der Waals surface area contributed by atoms with Crippen molar-refractivity contribution in [1.82, 2.24) is 4.31 Å². The van der Waals surface area contributed by atoms with Crippen LogP contribution in [0.25, 0.3) is 0 Å². The van der Waals surface area contributed by atoms with E-state index in [0.717, 1.165) is 3.79 Å². The molecule has 17 heavy (non-hydrogen) atoms.